The third-order valence-corrected chi connectivity index (χ3v) is 4.00. The topological polar surface area (TPSA) is 29.3 Å². The minimum atomic E-state index is 0.592. The van der Waals surface area contributed by atoms with Gasteiger partial charge in [0.15, 0.2) is 0 Å². The van der Waals surface area contributed by atoms with E-state index < -0.39 is 0 Å². The normalized spacial score (nSPS) is 19.6. The molecular formula is C14H19N3. The second kappa shape index (κ2) is 4.49. The summed E-state index contributed by atoms with van der Waals surface area (Å²) in [7, 11) is 0. The van der Waals surface area contributed by atoms with Gasteiger partial charge in [-0.15, -0.1) is 0 Å². The Morgan fingerprint density at radius 1 is 1.35 bits per heavy atom. The molecule has 3 rings (SSSR count). The van der Waals surface area contributed by atoms with Gasteiger partial charge in [-0.2, -0.15) is 0 Å². The van der Waals surface area contributed by atoms with Crippen molar-refractivity contribution in [1.29, 1.82) is 0 Å². The van der Waals surface area contributed by atoms with Gasteiger partial charge in [-0.25, -0.2) is 4.98 Å². The van der Waals surface area contributed by atoms with Crippen LogP contribution in [0.2, 0.25) is 0 Å². The second-order valence-corrected chi connectivity index (χ2v) is 4.99. The Morgan fingerprint density at radius 2 is 2.18 bits per heavy atom. The lowest BCUT2D eigenvalue weighted by Crippen LogP contribution is -2.30. The van der Waals surface area contributed by atoms with Crippen LogP contribution in [0, 0.1) is 5.92 Å². The molecule has 1 aliphatic rings. The number of hydrogen-bond donors (Lipinski definition) is 1. The summed E-state index contributed by atoms with van der Waals surface area (Å²) in [6.07, 6.45) is 6.72. The maximum Gasteiger partial charge on any atom is 0.136 e. The van der Waals surface area contributed by atoms with Crippen LogP contribution in [-0.2, 0) is 0 Å². The first kappa shape index (κ1) is 10.8. The number of piperidine rings is 1. The maximum atomic E-state index is 4.48. The molecule has 0 saturated carbocycles. The highest BCUT2D eigenvalue weighted by atomic mass is 15.0. The van der Waals surface area contributed by atoms with E-state index in [-0.39, 0.29) is 0 Å². The van der Waals surface area contributed by atoms with Gasteiger partial charge in [-0.3, -0.25) is 0 Å². The molecule has 0 aromatic carbocycles. The third kappa shape index (κ3) is 1.95. The lowest BCUT2D eigenvalue weighted by molar-refractivity contribution is 0.326. The van der Waals surface area contributed by atoms with Gasteiger partial charge in [0.1, 0.15) is 5.65 Å². The van der Waals surface area contributed by atoms with Crippen molar-refractivity contribution in [1.82, 2.24) is 14.7 Å². The molecule has 0 radical (unpaired) electrons. The average Bonchev–Trinajstić information content (AvgIpc) is 2.83. The number of fused-ring (bicyclic) bond motifs is 1. The standard InChI is InChI=1S/C14H19N3/c1-11(12-5-7-15-8-6-12)13-10-16-14-4-2-3-9-17(13)14/h2-4,9-12,15H,5-8H2,1H3. The predicted molar refractivity (Wildman–Crippen MR) is 69.2 cm³/mol. The zero-order valence-corrected chi connectivity index (χ0v) is 10.3. The van der Waals surface area contributed by atoms with Crippen LogP contribution in [0.3, 0.4) is 0 Å². The molecule has 0 bridgehead atoms. The Morgan fingerprint density at radius 3 is 3.00 bits per heavy atom. The largest absolute Gasteiger partial charge is 0.317 e. The summed E-state index contributed by atoms with van der Waals surface area (Å²) in [5, 5.41) is 3.43. The Bertz CT molecular complexity index is 497. The first-order chi connectivity index (χ1) is 8.36. The molecule has 3 nitrogen and oxygen atoms in total. The number of pyridine rings is 1. The first-order valence-electron chi connectivity index (χ1n) is 6.49. The van der Waals surface area contributed by atoms with Gasteiger partial charge < -0.3 is 9.72 Å². The predicted octanol–water partition coefficient (Wildman–Crippen LogP) is 2.44. The number of nitrogens with zero attached hydrogens (tertiary/aromatic N) is 2. The highest BCUT2D eigenvalue weighted by Gasteiger charge is 2.23. The fraction of sp³-hybridized carbons (Fsp3) is 0.500. The van der Waals surface area contributed by atoms with E-state index in [2.05, 4.69) is 40.0 Å². The molecule has 1 fully saturated rings. The Hall–Kier alpha value is -1.35. The number of hydrogen-bond acceptors (Lipinski definition) is 2. The van der Waals surface area contributed by atoms with Crippen molar-refractivity contribution < 1.29 is 0 Å². The van der Waals surface area contributed by atoms with Gasteiger partial charge >= 0.3 is 0 Å². The van der Waals surface area contributed by atoms with Crippen LogP contribution in [-0.4, -0.2) is 22.5 Å². The summed E-state index contributed by atoms with van der Waals surface area (Å²) in [6.45, 7) is 4.66. The molecule has 17 heavy (non-hydrogen) atoms. The fourth-order valence-electron chi connectivity index (χ4n) is 2.87. The zero-order chi connectivity index (χ0) is 11.7. The first-order valence-corrected chi connectivity index (χ1v) is 6.49. The van der Waals surface area contributed by atoms with Gasteiger partial charge in [0.25, 0.3) is 0 Å². The van der Waals surface area contributed by atoms with Crippen LogP contribution >= 0.6 is 0 Å². The molecule has 1 atom stereocenters. The fourth-order valence-corrected chi connectivity index (χ4v) is 2.87. The second-order valence-electron chi connectivity index (χ2n) is 4.99. The monoisotopic (exact) mass is 229 g/mol. The molecular weight excluding hydrogens is 210 g/mol. The van der Waals surface area contributed by atoms with Crippen LogP contribution in [0.1, 0.15) is 31.4 Å². The lowest BCUT2D eigenvalue weighted by Gasteiger charge is -2.28. The van der Waals surface area contributed by atoms with Crippen LogP contribution in [0.4, 0.5) is 0 Å². The molecule has 1 aliphatic heterocycles. The minimum absolute atomic E-state index is 0.592. The van der Waals surface area contributed by atoms with Crippen molar-refractivity contribution in [3.63, 3.8) is 0 Å². The van der Waals surface area contributed by atoms with E-state index in [0.29, 0.717) is 5.92 Å². The van der Waals surface area contributed by atoms with Crippen molar-refractivity contribution in [3.05, 3.63) is 36.3 Å². The molecule has 0 aliphatic carbocycles. The number of aromatic nitrogens is 2. The number of rotatable bonds is 2. The van der Waals surface area contributed by atoms with Gasteiger partial charge in [0, 0.05) is 24.0 Å². The van der Waals surface area contributed by atoms with Gasteiger partial charge in [0.2, 0.25) is 0 Å². The summed E-state index contributed by atoms with van der Waals surface area (Å²) < 4.78 is 2.23. The minimum Gasteiger partial charge on any atom is -0.317 e. The van der Waals surface area contributed by atoms with Gasteiger partial charge in [-0.05, 0) is 44.0 Å². The molecule has 90 valence electrons. The lowest BCUT2D eigenvalue weighted by atomic mass is 9.84. The van der Waals surface area contributed by atoms with Gasteiger partial charge in [0.05, 0.1) is 0 Å². The summed E-state index contributed by atoms with van der Waals surface area (Å²) >= 11 is 0. The van der Waals surface area contributed by atoms with E-state index in [1.165, 1.54) is 18.5 Å². The van der Waals surface area contributed by atoms with E-state index >= 15 is 0 Å². The van der Waals surface area contributed by atoms with E-state index in [0.717, 1.165) is 24.7 Å². The third-order valence-electron chi connectivity index (χ3n) is 4.00. The molecule has 2 aromatic heterocycles. The highest BCUT2D eigenvalue weighted by molar-refractivity contribution is 5.40. The SMILES string of the molecule is CC(c1cnc2ccccn12)C1CCNCC1. The summed E-state index contributed by atoms with van der Waals surface area (Å²) in [5.41, 5.74) is 2.41. The Balaban J connectivity index is 1.92. The van der Waals surface area contributed by atoms with Crippen LogP contribution in [0.15, 0.2) is 30.6 Å². The number of imidazole rings is 1. The number of nitrogens with one attached hydrogen (secondary N) is 1. The molecule has 3 heteroatoms. The quantitative estimate of drug-likeness (QED) is 0.857. The van der Waals surface area contributed by atoms with Crippen LogP contribution in [0.25, 0.3) is 5.65 Å². The van der Waals surface area contributed by atoms with Crippen molar-refractivity contribution in [2.75, 3.05) is 13.1 Å². The average molecular weight is 229 g/mol. The smallest absolute Gasteiger partial charge is 0.136 e. The van der Waals surface area contributed by atoms with E-state index in [4.69, 9.17) is 0 Å². The zero-order valence-electron chi connectivity index (χ0n) is 10.3. The molecule has 3 heterocycles. The van der Waals surface area contributed by atoms with Gasteiger partial charge in [-0.1, -0.05) is 13.0 Å². The summed E-state index contributed by atoms with van der Waals surface area (Å²) in [5.74, 6) is 1.38. The molecule has 1 saturated heterocycles. The summed E-state index contributed by atoms with van der Waals surface area (Å²) in [6, 6.07) is 6.19. The molecule has 1 unspecified atom stereocenters. The van der Waals surface area contributed by atoms with Crippen molar-refractivity contribution in [3.8, 4) is 0 Å². The Labute approximate surface area is 102 Å². The van der Waals surface area contributed by atoms with E-state index in [1.807, 2.05) is 12.3 Å². The van der Waals surface area contributed by atoms with Crippen molar-refractivity contribution in [2.45, 2.75) is 25.7 Å². The van der Waals surface area contributed by atoms with Crippen LogP contribution < -0.4 is 5.32 Å². The van der Waals surface area contributed by atoms with E-state index in [1.54, 1.807) is 0 Å². The van der Waals surface area contributed by atoms with E-state index in [9.17, 15) is 0 Å². The Kier molecular flexibility index (Phi) is 2.85. The molecule has 0 amide bonds. The molecule has 2 aromatic rings. The maximum absolute atomic E-state index is 4.48. The molecule has 1 N–H and O–H groups in total. The van der Waals surface area contributed by atoms with Crippen LogP contribution in [0.5, 0.6) is 0 Å². The highest BCUT2D eigenvalue weighted by Crippen LogP contribution is 2.30. The van der Waals surface area contributed by atoms with Crippen molar-refractivity contribution in [2.24, 2.45) is 5.92 Å². The van der Waals surface area contributed by atoms with Crippen molar-refractivity contribution >= 4 is 5.65 Å². The molecule has 0 spiro atoms. The summed E-state index contributed by atoms with van der Waals surface area (Å²) in [4.78, 5) is 4.48.